The van der Waals surface area contributed by atoms with E-state index < -0.39 is 6.29 Å². The van der Waals surface area contributed by atoms with Gasteiger partial charge in [0, 0.05) is 26.6 Å². The molecule has 4 heteroatoms. The van der Waals surface area contributed by atoms with Gasteiger partial charge in [-0.3, -0.25) is 4.79 Å². The maximum atomic E-state index is 10.4. The Morgan fingerprint density at radius 1 is 1.27 bits per heavy atom. The molecule has 0 fully saturated rings. The summed E-state index contributed by atoms with van der Waals surface area (Å²) in [7, 11) is 0. The van der Waals surface area contributed by atoms with Gasteiger partial charge in [0.25, 0.3) is 0 Å². The Hall–Kier alpha value is -1.05. The van der Waals surface area contributed by atoms with Crippen LogP contribution in [0.15, 0.2) is 0 Å². The lowest BCUT2D eigenvalue weighted by molar-refractivity contribution is -0.140. The molecule has 0 N–H and O–H groups in total. The van der Waals surface area contributed by atoms with Crippen molar-refractivity contribution < 1.29 is 19.0 Å². The van der Waals surface area contributed by atoms with Gasteiger partial charge in [0.2, 0.25) is 6.29 Å². The van der Waals surface area contributed by atoms with Gasteiger partial charge in [-0.15, -0.1) is 0 Å². The van der Waals surface area contributed by atoms with Crippen molar-refractivity contribution in [3.05, 3.63) is 0 Å². The molecule has 0 rings (SSSR count). The van der Waals surface area contributed by atoms with Crippen LogP contribution in [0.3, 0.4) is 0 Å². The van der Waals surface area contributed by atoms with Crippen LogP contribution in [0.25, 0.3) is 0 Å². The van der Waals surface area contributed by atoms with Crippen LogP contribution in [0.2, 0.25) is 0 Å². The minimum absolute atomic E-state index is 0.289. The predicted octanol–water partition coefficient (Wildman–Crippen LogP) is 1.34. The van der Waals surface area contributed by atoms with E-state index in [2.05, 4.69) is 11.8 Å². The number of hydrogen-bond acceptors (Lipinski definition) is 4. The first kappa shape index (κ1) is 13.9. The number of ether oxygens (including phenoxy) is 3. The highest BCUT2D eigenvalue weighted by atomic mass is 16.7. The molecule has 0 aliphatic carbocycles. The van der Waals surface area contributed by atoms with Gasteiger partial charge >= 0.3 is 5.97 Å². The summed E-state index contributed by atoms with van der Waals surface area (Å²) in [4.78, 5) is 10.4. The van der Waals surface area contributed by atoms with Crippen molar-refractivity contribution in [2.45, 2.75) is 33.5 Å². The van der Waals surface area contributed by atoms with Crippen LogP contribution in [0.1, 0.15) is 27.2 Å². The molecule has 0 saturated carbocycles. The zero-order chi connectivity index (χ0) is 11.5. The first-order valence-electron chi connectivity index (χ1n) is 5.05. The van der Waals surface area contributed by atoms with E-state index >= 15 is 0 Å². The Balaban J connectivity index is 3.73. The average molecular weight is 214 g/mol. The molecule has 0 aliphatic rings. The van der Waals surface area contributed by atoms with Gasteiger partial charge in [-0.05, 0) is 19.8 Å². The maximum Gasteiger partial charge on any atom is 0.302 e. The molecule has 0 aliphatic heterocycles. The molecule has 0 aromatic carbocycles. The summed E-state index contributed by atoms with van der Waals surface area (Å²) in [5, 5.41) is 0. The van der Waals surface area contributed by atoms with Crippen molar-refractivity contribution >= 4 is 5.97 Å². The molecule has 0 spiro atoms. The van der Waals surface area contributed by atoms with Crippen molar-refractivity contribution in [1.29, 1.82) is 0 Å². The van der Waals surface area contributed by atoms with E-state index in [0.29, 0.717) is 26.2 Å². The molecule has 0 heterocycles. The van der Waals surface area contributed by atoms with E-state index in [1.165, 1.54) is 6.92 Å². The lowest BCUT2D eigenvalue weighted by atomic mass is 10.4. The molecule has 0 aromatic heterocycles. The summed E-state index contributed by atoms with van der Waals surface area (Å²) < 4.78 is 15.1. The third-order valence-electron chi connectivity index (χ3n) is 1.39. The smallest absolute Gasteiger partial charge is 0.302 e. The van der Waals surface area contributed by atoms with E-state index in [4.69, 9.17) is 14.2 Å². The molecule has 86 valence electrons. The van der Waals surface area contributed by atoms with Gasteiger partial charge in [-0.1, -0.05) is 5.92 Å². The second kappa shape index (κ2) is 9.50. The van der Waals surface area contributed by atoms with Gasteiger partial charge in [0.05, 0.1) is 0 Å². The van der Waals surface area contributed by atoms with Crippen LogP contribution >= 0.6 is 0 Å². The Morgan fingerprint density at radius 3 is 2.33 bits per heavy atom. The Morgan fingerprint density at radius 2 is 1.87 bits per heavy atom. The Kier molecular flexibility index (Phi) is 8.84. The maximum absolute atomic E-state index is 10.4. The molecule has 0 amide bonds. The van der Waals surface area contributed by atoms with Gasteiger partial charge in [-0.25, -0.2) is 0 Å². The second-order valence-electron chi connectivity index (χ2n) is 2.65. The SMILES string of the molecule is CCOC(C#CCCOC(C)=O)OCC. The summed E-state index contributed by atoms with van der Waals surface area (Å²) in [5.41, 5.74) is 0. The molecular formula is C11H18O4. The molecule has 0 saturated heterocycles. The summed E-state index contributed by atoms with van der Waals surface area (Å²) in [6.07, 6.45) is 0.0216. The van der Waals surface area contributed by atoms with E-state index in [1.54, 1.807) is 0 Å². The van der Waals surface area contributed by atoms with Crippen LogP contribution in [0, 0.1) is 11.8 Å². The number of rotatable bonds is 6. The van der Waals surface area contributed by atoms with Crippen molar-refractivity contribution in [2.75, 3.05) is 19.8 Å². The van der Waals surface area contributed by atoms with Crippen molar-refractivity contribution in [1.82, 2.24) is 0 Å². The molecule has 0 bridgehead atoms. The first-order chi connectivity index (χ1) is 7.20. The minimum atomic E-state index is -0.475. The molecule has 15 heavy (non-hydrogen) atoms. The zero-order valence-corrected chi connectivity index (χ0v) is 9.54. The van der Waals surface area contributed by atoms with Crippen LogP contribution in [0.5, 0.6) is 0 Å². The standard InChI is InChI=1S/C11H18O4/c1-4-13-11(14-5-2)8-6-7-9-15-10(3)12/h11H,4-5,7,9H2,1-3H3. The summed E-state index contributed by atoms with van der Waals surface area (Å²) in [5.74, 6) is 5.35. The van der Waals surface area contributed by atoms with Crippen molar-refractivity contribution in [2.24, 2.45) is 0 Å². The molecular weight excluding hydrogens is 196 g/mol. The number of esters is 1. The molecule has 4 nitrogen and oxygen atoms in total. The minimum Gasteiger partial charge on any atom is -0.465 e. The normalized spacial score (nSPS) is 9.60. The lowest BCUT2D eigenvalue weighted by Gasteiger charge is -2.09. The monoisotopic (exact) mass is 214 g/mol. The Labute approximate surface area is 90.9 Å². The predicted molar refractivity (Wildman–Crippen MR) is 56.1 cm³/mol. The van der Waals surface area contributed by atoms with Gasteiger partial charge in [0.15, 0.2) is 0 Å². The van der Waals surface area contributed by atoms with Gasteiger partial charge in [0.1, 0.15) is 6.61 Å². The highest BCUT2D eigenvalue weighted by molar-refractivity contribution is 5.65. The number of carbonyl (C=O) groups is 1. The molecule has 0 radical (unpaired) electrons. The van der Waals surface area contributed by atoms with Crippen molar-refractivity contribution in [3.8, 4) is 11.8 Å². The number of hydrogen-bond donors (Lipinski definition) is 0. The highest BCUT2D eigenvalue weighted by Crippen LogP contribution is 1.93. The quantitative estimate of drug-likeness (QED) is 0.290. The third kappa shape index (κ3) is 9.26. The third-order valence-corrected chi connectivity index (χ3v) is 1.39. The van der Waals surface area contributed by atoms with Gasteiger partial charge in [-0.2, -0.15) is 0 Å². The fourth-order valence-electron chi connectivity index (χ4n) is 0.835. The van der Waals surface area contributed by atoms with Crippen LogP contribution in [-0.2, 0) is 19.0 Å². The van der Waals surface area contributed by atoms with E-state index in [0.717, 1.165) is 0 Å². The van der Waals surface area contributed by atoms with E-state index in [1.807, 2.05) is 13.8 Å². The fraction of sp³-hybridized carbons (Fsp3) is 0.727. The fourth-order valence-corrected chi connectivity index (χ4v) is 0.835. The second-order valence-corrected chi connectivity index (χ2v) is 2.65. The van der Waals surface area contributed by atoms with Crippen LogP contribution in [-0.4, -0.2) is 32.1 Å². The largest absolute Gasteiger partial charge is 0.465 e. The van der Waals surface area contributed by atoms with E-state index in [-0.39, 0.29) is 5.97 Å². The zero-order valence-electron chi connectivity index (χ0n) is 9.54. The topological polar surface area (TPSA) is 44.8 Å². The van der Waals surface area contributed by atoms with Gasteiger partial charge < -0.3 is 14.2 Å². The first-order valence-corrected chi connectivity index (χ1v) is 5.05. The number of carbonyl (C=O) groups excluding carboxylic acids is 1. The summed E-state index contributed by atoms with van der Waals surface area (Å²) in [6, 6.07) is 0. The summed E-state index contributed by atoms with van der Waals surface area (Å²) >= 11 is 0. The lowest BCUT2D eigenvalue weighted by Crippen LogP contribution is -2.14. The average Bonchev–Trinajstić information content (AvgIpc) is 2.17. The molecule has 0 aromatic rings. The van der Waals surface area contributed by atoms with Crippen molar-refractivity contribution in [3.63, 3.8) is 0 Å². The van der Waals surface area contributed by atoms with Crippen LogP contribution in [0.4, 0.5) is 0 Å². The summed E-state index contributed by atoms with van der Waals surface area (Å²) in [6.45, 7) is 6.57. The van der Waals surface area contributed by atoms with E-state index in [9.17, 15) is 4.79 Å². The highest BCUT2D eigenvalue weighted by Gasteiger charge is 2.00. The molecule has 0 atom stereocenters. The molecule has 0 unspecified atom stereocenters. The van der Waals surface area contributed by atoms with Crippen LogP contribution < -0.4 is 0 Å². The Bertz CT molecular complexity index is 220.